The molecule has 10 heteroatoms. The number of carbonyl (C=O) groups excluding carboxylic acids is 1. The molecule has 0 aliphatic carbocycles. The molecule has 0 unspecified atom stereocenters. The molecule has 1 spiro atoms. The van der Waals surface area contributed by atoms with E-state index in [4.69, 9.17) is 39.4 Å². The second-order valence-corrected chi connectivity index (χ2v) is 9.11. The maximum absolute atomic E-state index is 12.3. The van der Waals surface area contributed by atoms with Crippen LogP contribution in [0.1, 0.15) is 40.6 Å². The summed E-state index contributed by atoms with van der Waals surface area (Å²) in [6.07, 6.45) is 3.04. The zero-order chi connectivity index (χ0) is 23.3. The molecule has 0 radical (unpaired) electrons. The second kappa shape index (κ2) is 8.13. The summed E-state index contributed by atoms with van der Waals surface area (Å²) in [7, 11) is 0. The summed E-state index contributed by atoms with van der Waals surface area (Å²) >= 11 is 12.6. The number of nitrogens with two attached hydrogens (primary N) is 2. The SMILES string of the molecule is Cc1nc(N2CCC3(CC2)Oc2ncccc2[C@@H]3N)nc(C(N)=O)c1-c1cccc(Cl)c1Cl. The summed E-state index contributed by atoms with van der Waals surface area (Å²) in [5.41, 5.74) is 14.4. The summed E-state index contributed by atoms with van der Waals surface area (Å²) in [5, 5.41) is 0.694. The predicted molar refractivity (Wildman–Crippen MR) is 127 cm³/mol. The van der Waals surface area contributed by atoms with Crippen LogP contribution >= 0.6 is 23.2 Å². The number of benzene rings is 1. The minimum Gasteiger partial charge on any atom is -0.469 e. The Kier molecular flexibility index (Phi) is 5.39. The molecule has 1 amide bonds. The Morgan fingerprint density at radius 2 is 1.94 bits per heavy atom. The fourth-order valence-electron chi connectivity index (χ4n) is 4.66. The summed E-state index contributed by atoms with van der Waals surface area (Å²) in [6.45, 7) is 3.02. The molecule has 1 atom stereocenters. The number of rotatable bonds is 3. The van der Waals surface area contributed by atoms with Gasteiger partial charge in [-0.3, -0.25) is 4.79 Å². The van der Waals surface area contributed by atoms with Gasteiger partial charge in [0.25, 0.3) is 5.91 Å². The molecule has 1 saturated heterocycles. The fourth-order valence-corrected chi connectivity index (χ4v) is 5.06. The molecule has 33 heavy (non-hydrogen) atoms. The van der Waals surface area contributed by atoms with Gasteiger partial charge < -0.3 is 21.1 Å². The molecule has 5 rings (SSSR count). The average Bonchev–Trinajstić information content (AvgIpc) is 3.07. The van der Waals surface area contributed by atoms with E-state index in [0.29, 0.717) is 64.6 Å². The summed E-state index contributed by atoms with van der Waals surface area (Å²) < 4.78 is 6.21. The molecular weight excluding hydrogens is 463 g/mol. The van der Waals surface area contributed by atoms with E-state index in [1.165, 1.54) is 0 Å². The van der Waals surface area contributed by atoms with Crippen LogP contribution in [-0.4, -0.2) is 39.5 Å². The number of hydrogen-bond donors (Lipinski definition) is 2. The van der Waals surface area contributed by atoms with Gasteiger partial charge in [-0.1, -0.05) is 41.4 Å². The number of carbonyl (C=O) groups is 1. The number of primary amides is 1. The molecule has 170 valence electrons. The minimum absolute atomic E-state index is 0.104. The molecule has 1 fully saturated rings. The van der Waals surface area contributed by atoms with Crippen LogP contribution in [-0.2, 0) is 0 Å². The zero-order valence-electron chi connectivity index (χ0n) is 17.9. The number of anilines is 1. The second-order valence-electron chi connectivity index (χ2n) is 8.33. The van der Waals surface area contributed by atoms with Crippen molar-refractivity contribution in [2.75, 3.05) is 18.0 Å². The predicted octanol–water partition coefficient (Wildman–Crippen LogP) is 3.68. The van der Waals surface area contributed by atoms with Crippen LogP contribution in [0.2, 0.25) is 10.0 Å². The highest BCUT2D eigenvalue weighted by Gasteiger charge is 2.49. The van der Waals surface area contributed by atoms with Crippen LogP contribution in [0.15, 0.2) is 36.5 Å². The Morgan fingerprint density at radius 3 is 2.64 bits per heavy atom. The van der Waals surface area contributed by atoms with E-state index >= 15 is 0 Å². The molecule has 2 aliphatic heterocycles. The van der Waals surface area contributed by atoms with Gasteiger partial charge in [-0.15, -0.1) is 0 Å². The molecule has 2 aromatic heterocycles. The maximum Gasteiger partial charge on any atom is 0.268 e. The lowest BCUT2D eigenvalue weighted by Gasteiger charge is -2.40. The highest BCUT2D eigenvalue weighted by atomic mass is 35.5. The lowest BCUT2D eigenvalue weighted by atomic mass is 9.83. The van der Waals surface area contributed by atoms with Crippen LogP contribution < -0.4 is 21.1 Å². The molecule has 0 saturated carbocycles. The van der Waals surface area contributed by atoms with E-state index < -0.39 is 11.5 Å². The molecule has 8 nitrogen and oxygen atoms in total. The van der Waals surface area contributed by atoms with Crippen LogP contribution in [0.4, 0.5) is 5.95 Å². The van der Waals surface area contributed by atoms with E-state index in [9.17, 15) is 4.79 Å². The molecule has 3 aromatic rings. The Morgan fingerprint density at radius 1 is 1.18 bits per heavy atom. The first-order valence-electron chi connectivity index (χ1n) is 10.6. The first-order valence-corrected chi connectivity index (χ1v) is 11.3. The molecule has 4 heterocycles. The van der Waals surface area contributed by atoms with E-state index in [1.54, 1.807) is 31.3 Å². The number of amides is 1. The minimum atomic E-state index is -0.663. The largest absolute Gasteiger partial charge is 0.469 e. The smallest absolute Gasteiger partial charge is 0.268 e. The third-order valence-corrected chi connectivity index (χ3v) is 7.25. The number of piperidine rings is 1. The van der Waals surface area contributed by atoms with Crippen molar-refractivity contribution in [3.05, 3.63) is 63.5 Å². The third kappa shape index (κ3) is 3.58. The molecule has 0 bridgehead atoms. The van der Waals surface area contributed by atoms with Crippen molar-refractivity contribution in [2.24, 2.45) is 11.5 Å². The number of aryl methyl sites for hydroxylation is 1. The first-order chi connectivity index (χ1) is 15.8. The first kappa shape index (κ1) is 21.9. The van der Waals surface area contributed by atoms with Crippen molar-refractivity contribution in [2.45, 2.75) is 31.4 Å². The Bertz CT molecular complexity index is 1260. The van der Waals surface area contributed by atoms with Gasteiger partial charge in [0.1, 0.15) is 11.3 Å². The van der Waals surface area contributed by atoms with Crippen LogP contribution in [0.5, 0.6) is 5.88 Å². The van der Waals surface area contributed by atoms with Crippen LogP contribution in [0, 0.1) is 6.92 Å². The van der Waals surface area contributed by atoms with E-state index in [1.807, 2.05) is 17.0 Å². The quantitative estimate of drug-likeness (QED) is 0.581. The van der Waals surface area contributed by atoms with Crippen LogP contribution in [0.25, 0.3) is 11.1 Å². The van der Waals surface area contributed by atoms with E-state index in [-0.39, 0.29) is 11.7 Å². The number of fused-ring (bicyclic) bond motifs is 1. The van der Waals surface area contributed by atoms with E-state index in [2.05, 4.69) is 15.0 Å². The van der Waals surface area contributed by atoms with Gasteiger partial charge in [-0.05, 0) is 19.1 Å². The lowest BCUT2D eigenvalue weighted by Crippen LogP contribution is -2.52. The summed E-state index contributed by atoms with van der Waals surface area (Å²) in [5.74, 6) is 0.369. The molecule has 4 N–H and O–H groups in total. The fraction of sp³-hybridized carbons (Fsp3) is 0.304. The van der Waals surface area contributed by atoms with Crippen molar-refractivity contribution < 1.29 is 9.53 Å². The maximum atomic E-state index is 12.3. The Labute approximate surface area is 200 Å². The monoisotopic (exact) mass is 484 g/mol. The van der Waals surface area contributed by atoms with Gasteiger partial charge in [0.2, 0.25) is 11.8 Å². The standard InChI is InChI=1S/C23H22Cl2N6O2/c1-12-16(13-4-2-6-15(24)17(13)25)18(20(27)32)30-22(29-12)31-10-7-23(8-11-31)19(26)14-5-3-9-28-21(14)33-23/h2-6,9,19H,7-8,10-11,26H2,1H3,(H2,27,32)/t19-/m0/s1. The number of pyridine rings is 1. The van der Waals surface area contributed by atoms with Crippen LogP contribution in [0.3, 0.4) is 0 Å². The summed E-state index contributed by atoms with van der Waals surface area (Å²) in [4.78, 5) is 27.9. The zero-order valence-corrected chi connectivity index (χ0v) is 19.4. The third-order valence-electron chi connectivity index (χ3n) is 6.43. The lowest BCUT2D eigenvalue weighted by molar-refractivity contribution is 0.0396. The van der Waals surface area contributed by atoms with E-state index in [0.717, 1.165) is 5.56 Å². The van der Waals surface area contributed by atoms with Gasteiger partial charge in [0.15, 0.2) is 0 Å². The van der Waals surface area contributed by atoms with Crippen molar-refractivity contribution in [1.29, 1.82) is 0 Å². The van der Waals surface area contributed by atoms with Crippen molar-refractivity contribution in [1.82, 2.24) is 15.0 Å². The Hall–Kier alpha value is -2.94. The summed E-state index contributed by atoms with van der Waals surface area (Å²) in [6, 6.07) is 8.77. The molecule has 2 aliphatic rings. The highest BCUT2D eigenvalue weighted by Crippen LogP contribution is 2.46. The number of ether oxygens (including phenoxy) is 1. The normalized spacial score (nSPS) is 18.8. The Balaban J connectivity index is 1.45. The highest BCUT2D eigenvalue weighted by molar-refractivity contribution is 6.43. The number of nitrogens with zero attached hydrogens (tertiary/aromatic N) is 4. The van der Waals surface area contributed by atoms with Gasteiger partial charge in [0, 0.05) is 48.8 Å². The van der Waals surface area contributed by atoms with Gasteiger partial charge in [-0.2, -0.15) is 0 Å². The van der Waals surface area contributed by atoms with Crippen molar-refractivity contribution in [3.63, 3.8) is 0 Å². The number of hydrogen-bond acceptors (Lipinski definition) is 7. The topological polar surface area (TPSA) is 120 Å². The molecular formula is C23H22Cl2N6O2. The van der Waals surface area contributed by atoms with Crippen molar-refractivity contribution >= 4 is 35.1 Å². The number of aromatic nitrogens is 3. The van der Waals surface area contributed by atoms with Gasteiger partial charge in [-0.25, -0.2) is 15.0 Å². The van der Waals surface area contributed by atoms with Crippen molar-refractivity contribution in [3.8, 4) is 17.0 Å². The van der Waals surface area contributed by atoms with Gasteiger partial charge in [0.05, 0.1) is 21.8 Å². The number of halogens is 2. The molecule has 1 aromatic carbocycles. The van der Waals surface area contributed by atoms with Gasteiger partial charge >= 0.3 is 0 Å². The average molecular weight is 485 g/mol.